The van der Waals surface area contributed by atoms with Crippen molar-refractivity contribution >= 4 is 22.7 Å². The van der Waals surface area contributed by atoms with Crippen molar-refractivity contribution in [2.24, 2.45) is 0 Å². The quantitative estimate of drug-likeness (QED) is 0.658. The summed E-state index contributed by atoms with van der Waals surface area (Å²) >= 11 is 0. The maximum atomic E-state index is 12.5. The number of carbonyl (C=O) groups excluding carboxylic acids is 2. The molecule has 3 aromatic rings. The van der Waals surface area contributed by atoms with Gasteiger partial charge in [-0.05, 0) is 31.2 Å². The molecule has 7 heteroatoms. The van der Waals surface area contributed by atoms with E-state index in [4.69, 9.17) is 0 Å². The highest BCUT2D eigenvalue weighted by Crippen LogP contribution is 2.08. The molecule has 3 rings (SSSR count). The van der Waals surface area contributed by atoms with Crippen molar-refractivity contribution in [3.05, 3.63) is 76.3 Å². The number of nitrogens with one attached hydrogen (secondary N) is 2. The van der Waals surface area contributed by atoms with E-state index in [0.29, 0.717) is 28.8 Å². The van der Waals surface area contributed by atoms with E-state index in [9.17, 15) is 14.4 Å². The Kier molecular flexibility index (Phi) is 6.16. The molecule has 0 saturated carbocycles. The van der Waals surface area contributed by atoms with Crippen LogP contribution in [0.3, 0.4) is 0 Å². The molecule has 0 spiro atoms. The van der Waals surface area contributed by atoms with Gasteiger partial charge in [-0.3, -0.25) is 14.4 Å². The van der Waals surface area contributed by atoms with Crippen molar-refractivity contribution in [2.75, 3.05) is 13.1 Å². The highest BCUT2D eigenvalue weighted by molar-refractivity contribution is 5.94. The standard InChI is InChI=1S/C21H22N4O3/c1-2-25(14-18-23-17-11-7-6-10-16(17)21(28)24-18)19(26)12-13-22-20(27)15-8-4-3-5-9-15/h3-11H,2,12-14H2,1H3,(H,22,27)(H,23,24,28). The first-order chi connectivity index (χ1) is 13.6. The zero-order valence-corrected chi connectivity index (χ0v) is 15.6. The monoisotopic (exact) mass is 378 g/mol. The van der Waals surface area contributed by atoms with Gasteiger partial charge in [-0.25, -0.2) is 4.98 Å². The molecule has 0 fully saturated rings. The Morgan fingerprint density at radius 3 is 2.54 bits per heavy atom. The summed E-state index contributed by atoms with van der Waals surface area (Å²) in [5, 5.41) is 3.26. The van der Waals surface area contributed by atoms with Crippen LogP contribution in [0.25, 0.3) is 10.9 Å². The van der Waals surface area contributed by atoms with Gasteiger partial charge in [0, 0.05) is 25.1 Å². The molecule has 0 saturated heterocycles. The number of nitrogens with zero attached hydrogens (tertiary/aromatic N) is 2. The van der Waals surface area contributed by atoms with Crippen LogP contribution in [0, 0.1) is 0 Å². The second-order valence-corrected chi connectivity index (χ2v) is 6.31. The van der Waals surface area contributed by atoms with Crippen molar-refractivity contribution in [3.8, 4) is 0 Å². The fourth-order valence-electron chi connectivity index (χ4n) is 2.90. The van der Waals surface area contributed by atoms with Crippen molar-refractivity contribution in [3.63, 3.8) is 0 Å². The number of carbonyl (C=O) groups is 2. The fraction of sp³-hybridized carbons (Fsp3) is 0.238. The van der Waals surface area contributed by atoms with Crippen LogP contribution in [-0.2, 0) is 11.3 Å². The molecule has 1 aromatic heterocycles. The first kappa shape index (κ1) is 19.3. The molecule has 0 bridgehead atoms. The van der Waals surface area contributed by atoms with E-state index in [-0.39, 0.29) is 36.9 Å². The van der Waals surface area contributed by atoms with Gasteiger partial charge in [-0.1, -0.05) is 30.3 Å². The van der Waals surface area contributed by atoms with Gasteiger partial charge in [-0.15, -0.1) is 0 Å². The summed E-state index contributed by atoms with van der Waals surface area (Å²) in [6.07, 6.45) is 0.171. The van der Waals surface area contributed by atoms with Gasteiger partial charge < -0.3 is 15.2 Å². The van der Waals surface area contributed by atoms with E-state index in [1.165, 1.54) is 0 Å². The molecule has 0 atom stereocenters. The molecule has 0 unspecified atom stereocenters. The van der Waals surface area contributed by atoms with E-state index in [0.717, 1.165) is 0 Å². The molecule has 1 heterocycles. The number of rotatable bonds is 7. The lowest BCUT2D eigenvalue weighted by Gasteiger charge is -2.20. The topological polar surface area (TPSA) is 95.2 Å². The predicted molar refractivity (Wildman–Crippen MR) is 107 cm³/mol. The van der Waals surface area contributed by atoms with Crippen LogP contribution in [0.15, 0.2) is 59.4 Å². The smallest absolute Gasteiger partial charge is 0.258 e. The zero-order valence-electron chi connectivity index (χ0n) is 15.6. The number of amides is 2. The van der Waals surface area contributed by atoms with E-state index in [1.54, 1.807) is 47.4 Å². The summed E-state index contributed by atoms with van der Waals surface area (Å²) < 4.78 is 0. The molecule has 7 nitrogen and oxygen atoms in total. The van der Waals surface area contributed by atoms with E-state index >= 15 is 0 Å². The molecular weight excluding hydrogens is 356 g/mol. The molecule has 2 amide bonds. The molecule has 0 radical (unpaired) electrons. The third-order valence-corrected chi connectivity index (χ3v) is 4.40. The maximum Gasteiger partial charge on any atom is 0.258 e. The third kappa shape index (κ3) is 4.62. The van der Waals surface area contributed by atoms with Gasteiger partial charge in [0.1, 0.15) is 5.82 Å². The second-order valence-electron chi connectivity index (χ2n) is 6.31. The number of benzene rings is 2. The summed E-state index contributed by atoms with van der Waals surface area (Å²) in [7, 11) is 0. The van der Waals surface area contributed by atoms with Gasteiger partial charge in [0.15, 0.2) is 0 Å². The van der Waals surface area contributed by atoms with Crippen molar-refractivity contribution in [1.82, 2.24) is 20.2 Å². The fourth-order valence-corrected chi connectivity index (χ4v) is 2.90. The lowest BCUT2D eigenvalue weighted by Crippen LogP contribution is -2.35. The molecule has 144 valence electrons. The maximum absolute atomic E-state index is 12.5. The van der Waals surface area contributed by atoms with E-state index < -0.39 is 0 Å². The van der Waals surface area contributed by atoms with Crippen molar-refractivity contribution < 1.29 is 9.59 Å². The van der Waals surface area contributed by atoms with Crippen LogP contribution < -0.4 is 10.9 Å². The SMILES string of the molecule is CCN(Cc1nc2ccccc2c(=O)[nH]1)C(=O)CCNC(=O)c1ccccc1. The third-order valence-electron chi connectivity index (χ3n) is 4.40. The minimum Gasteiger partial charge on any atom is -0.352 e. The second kappa shape index (κ2) is 8.94. The summed E-state index contributed by atoms with van der Waals surface area (Å²) in [4.78, 5) is 45.5. The van der Waals surface area contributed by atoms with Gasteiger partial charge in [0.2, 0.25) is 5.91 Å². The van der Waals surface area contributed by atoms with E-state index in [2.05, 4.69) is 15.3 Å². The Morgan fingerprint density at radius 1 is 1.07 bits per heavy atom. The molecule has 28 heavy (non-hydrogen) atoms. The average Bonchev–Trinajstić information content (AvgIpc) is 2.72. The molecule has 0 aliphatic carbocycles. The summed E-state index contributed by atoms with van der Waals surface area (Å²) in [6, 6.07) is 15.9. The minimum atomic E-state index is -0.223. The number of hydrogen-bond acceptors (Lipinski definition) is 4. The minimum absolute atomic E-state index is 0.119. The molecule has 0 aliphatic heterocycles. The average molecular weight is 378 g/mol. The Balaban J connectivity index is 1.59. The van der Waals surface area contributed by atoms with Crippen LogP contribution in [0.2, 0.25) is 0 Å². The number of para-hydroxylation sites is 1. The van der Waals surface area contributed by atoms with Crippen LogP contribution in [0.5, 0.6) is 0 Å². The summed E-state index contributed by atoms with van der Waals surface area (Å²) in [6.45, 7) is 2.79. The Bertz CT molecular complexity index is 1030. The van der Waals surface area contributed by atoms with E-state index in [1.807, 2.05) is 19.1 Å². The van der Waals surface area contributed by atoms with Gasteiger partial charge in [0.05, 0.1) is 17.4 Å². The largest absolute Gasteiger partial charge is 0.352 e. The number of aromatic amines is 1. The Hall–Kier alpha value is -3.48. The first-order valence-corrected chi connectivity index (χ1v) is 9.17. The Labute approximate surface area is 162 Å². The lowest BCUT2D eigenvalue weighted by atomic mass is 10.2. The van der Waals surface area contributed by atoms with Crippen LogP contribution >= 0.6 is 0 Å². The highest BCUT2D eigenvalue weighted by atomic mass is 16.2. The van der Waals surface area contributed by atoms with Crippen molar-refractivity contribution in [1.29, 1.82) is 0 Å². The van der Waals surface area contributed by atoms with Crippen LogP contribution in [-0.4, -0.2) is 39.8 Å². The summed E-state index contributed by atoms with van der Waals surface area (Å²) in [5.41, 5.74) is 0.930. The zero-order chi connectivity index (χ0) is 19.9. The Morgan fingerprint density at radius 2 is 1.79 bits per heavy atom. The first-order valence-electron chi connectivity index (χ1n) is 9.17. The molecule has 0 aliphatic rings. The van der Waals surface area contributed by atoms with Crippen molar-refractivity contribution in [2.45, 2.75) is 19.9 Å². The van der Waals surface area contributed by atoms with Crippen LogP contribution in [0.1, 0.15) is 29.5 Å². The molecular formula is C21H22N4O3. The number of H-pyrrole nitrogens is 1. The molecule has 2 N–H and O–H groups in total. The van der Waals surface area contributed by atoms with Crippen LogP contribution in [0.4, 0.5) is 0 Å². The normalized spacial score (nSPS) is 10.6. The predicted octanol–water partition coefficient (Wildman–Crippen LogP) is 2.09. The lowest BCUT2D eigenvalue weighted by molar-refractivity contribution is -0.131. The van der Waals surface area contributed by atoms with Gasteiger partial charge in [-0.2, -0.15) is 0 Å². The number of aromatic nitrogens is 2. The highest BCUT2D eigenvalue weighted by Gasteiger charge is 2.15. The molecule has 2 aromatic carbocycles. The van der Waals surface area contributed by atoms with Gasteiger partial charge >= 0.3 is 0 Å². The van der Waals surface area contributed by atoms with Gasteiger partial charge in [0.25, 0.3) is 11.5 Å². The number of fused-ring (bicyclic) bond motifs is 1. The number of hydrogen-bond donors (Lipinski definition) is 2. The summed E-state index contributed by atoms with van der Waals surface area (Å²) in [5.74, 6) is 0.107.